The average Bonchev–Trinajstić information content (AvgIpc) is 2.63. The number of morpholine rings is 1. The van der Waals surface area contributed by atoms with E-state index in [4.69, 9.17) is 4.74 Å². The van der Waals surface area contributed by atoms with Gasteiger partial charge in [0.2, 0.25) is 0 Å². The molecule has 1 aromatic heterocycles. The van der Waals surface area contributed by atoms with E-state index in [1.54, 1.807) is 6.07 Å². The zero-order valence-corrected chi connectivity index (χ0v) is 14.3. The molecule has 0 radical (unpaired) electrons. The van der Waals surface area contributed by atoms with E-state index in [0.29, 0.717) is 11.5 Å². The molecule has 1 amide bonds. The van der Waals surface area contributed by atoms with E-state index in [-0.39, 0.29) is 5.91 Å². The molecule has 3 heterocycles. The number of nitrogens with zero attached hydrogens (tertiary/aromatic N) is 5. The molecule has 0 saturated carbocycles. The second-order valence-electron chi connectivity index (χ2n) is 6.26. The number of anilines is 1. The SMILES string of the molecule is CN1CCN(C(=O)c2cc(NCCN3CCOCC3)ncn2)CC1. The maximum atomic E-state index is 12.5. The van der Waals surface area contributed by atoms with Gasteiger partial charge in [-0.3, -0.25) is 9.69 Å². The molecular weight excluding hydrogens is 308 g/mol. The number of hydrogen-bond acceptors (Lipinski definition) is 7. The molecular formula is C16H26N6O2. The van der Waals surface area contributed by atoms with Crippen LogP contribution in [0.25, 0.3) is 0 Å². The molecule has 0 unspecified atom stereocenters. The van der Waals surface area contributed by atoms with Crippen LogP contribution in [0.5, 0.6) is 0 Å². The van der Waals surface area contributed by atoms with Crippen molar-refractivity contribution in [3.8, 4) is 0 Å². The van der Waals surface area contributed by atoms with E-state index in [0.717, 1.165) is 65.6 Å². The van der Waals surface area contributed by atoms with E-state index in [2.05, 4.69) is 32.1 Å². The van der Waals surface area contributed by atoms with Gasteiger partial charge in [0.15, 0.2) is 0 Å². The van der Waals surface area contributed by atoms with Crippen molar-refractivity contribution in [2.75, 3.05) is 77.9 Å². The second-order valence-corrected chi connectivity index (χ2v) is 6.26. The minimum atomic E-state index is -0.0123. The van der Waals surface area contributed by atoms with Crippen LogP contribution < -0.4 is 5.32 Å². The van der Waals surface area contributed by atoms with E-state index in [9.17, 15) is 4.79 Å². The Labute approximate surface area is 142 Å². The highest BCUT2D eigenvalue weighted by molar-refractivity contribution is 5.93. The molecule has 132 valence electrons. The molecule has 3 rings (SSSR count). The molecule has 0 atom stereocenters. The smallest absolute Gasteiger partial charge is 0.272 e. The quantitative estimate of drug-likeness (QED) is 0.786. The Morgan fingerprint density at radius 2 is 1.92 bits per heavy atom. The Hall–Kier alpha value is -1.77. The summed E-state index contributed by atoms with van der Waals surface area (Å²) >= 11 is 0. The summed E-state index contributed by atoms with van der Waals surface area (Å²) in [4.78, 5) is 27.4. The maximum Gasteiger partial charge on any atom is 0.272 e. The van der Waals surface area contributed by atoms with Crippen LogP contribution in [-0.4, -0.2) is 103 Å². The van der Waals surface area contributed by atoms with Gasteiger partial charge in [-0.05, 0) is 7.05 Å². The number of ether oxygens (including phenoxy) is 1. The predicted octanol–water partition coefficient (Wildman–Crippen LogP) is -0.392. The number of nitrogens with one attached hydrogen (secondary N) is 1. The Morgan fingerprint density at radius 1 is 1.17 bits per heavy atom. The first-order valence-electron chi connectivity index (χ1n) is 8.56. The molecule has 8 heteroatoms. The van der Waals surface area contributed by atoms with Crippen LogP contribution in [0.2, 0.25) is 0 Å². The number of hydrogen-bond donors (Lipinski definition) is 1. The molecule has 1 N–H and O–H groups in total. The van der Waals surface area contributed by atoms with E-state index >= 15 is 0 Å². The highest BCUT2D eigenvalue weighted by Crippen LogP contribution is 2.09. The van der Waals surface area contributed by atoms with Crippen LogP contribution in [0, 0.1) is 0 Å². The minimum Gasteiger partial charge on any atom is -0.379 e. The summed E-state index contributed by atoms with van der Waals surface area (Å²) < 4.78 is 5.34. The van der Waals surface area contributed by atoms with Crippen molar-refractivity contribution in [2.24, 2.45) is 0 Å². The number of amides is 1. The molecule has 1 aromatic rings. The standard InChI is InChI=1S/C16H26N6O2/c1-20-4-6-22(7-5-20)16(23)14-12-15(19-13-18-14)17-2-3-21-8-10-24-11-9-21/h12-13H,2-11H2,1H3,(H,17,18,19). The number of carbonyl (C=O) groups is 1. The Morgan fingerprint density at radius 3 is 2.67 bits per heavy atom. The fraction of sp³-hybridized carbons (Fsp3) is 0.688. The number of likely N-dealkylation sites (N-methyl/N-ethyl adjacent to an activating group) is 1. The molecule has 0 spiro atoms. The average molecular weight is 334 g/mol. The number of carbonyl (C=O) groups excluding carboxylic acids is 1. The molecule has 0 bridgehead atoms. The highest BCUT2D eigenvalue weighted by atomic mass is 16.5. The third-order valence-electron chi connectivity index (χ3n) is 4.51. The van der Waals surface area contributed by atoms with Gasteiger partial charge in [0.05, 0.1) is 13.2 Å². The minimum absolute atomic E-state index is 0.0123. The normalized spacial score (nSPS) is 20.1. The summed E-state index contributed by atoms with van der Waals surface area (Å²) in [6, 6.07) is 1.75. The summed E-state index contributed by atoms with van der Waals surface area (Å²) in [5.74, 6) is 0.692. The summed E-state index contributed by atoms with van der Waals surface area (Å²) in [5, 5.41) is 3.28. The van der Waals surface area contributed by atoms with Crippen molar-refractivity contribution in [3.63, 3.8) is 0 Å². The zero-order valence-electron chi connectivity index (χ0n) is 14.3. The third kappa shape index (κ3) is 4.62. The summed E-state index contributed by atoms with van der Waals surface area (Å²) in [5.41, 5.74) is 0.462. The van der Waals surface area contributed by atoms with Crippen molar-refractivity contribution in [1.82, 2.24) is 24.7 Å². The first kappa shape index (κ1) is 17.1. The van der Waals surface area contributed by atoms with Gasteiger partial charge in [0, 0.05) is 58.4 Å². The first-order valence-corrected chi connectivity index (χ1v) is 8.56. The number of aromatic nitrogens is 2. The van der Waals surface area contributed by atoms with Crippen molar-refractivity contribution in [1.29, 1.82) is 0 Å². The monoisotopic (exact) mass is 334 g/mol. The number of rotatable bonds is 5. The largest absolute Gasteiger partial charge is 0.379 e. The topological polar surface area (TPSA) is 73.8 Å². The van der Waals surface area contributed by atoms with E-state index in [1.807, 2.05) is 4.90 Å². The molecule has 8 nitrogen and oxygen atoms in total. The van der Waals surface area contributed by atoms with Gasteiger partial charge in [0.25, 0.3) is 5.91 Å². The Balaban J connectivity index is 1.50. The summed E-state index contributed by atoms with van der Waals surface area (Å²) in [6.45, 7) is 8.58. The lowest BCUT2D eigenvalue weighted by Crippen LogP contribution is -2.47. The Kier molecular flexibility index (Phi) is 5.95. The molecule has 24 heavy (non-hydrogen) atoms. The number of piperazine rings is 1. The van der Waals surface area contributed by atoms with Crippen LogP contribution in [0.1, 0.15) is 10.5 Å². The van der Waals surface area contributed by atoms with E-state index in [1.165, 1.54) is 6.33 Å². The van der Waals surface area contributed by atoms with Crippen molar-refractivity contribution >= 4 is 11.7 Å². The lowest BCUT2D eigenvalue weighted by atomic mass is 10.2. The van der Waals surface area contributed by atoms with Gasteiger partial charge in [0.1, 0.15) is 17.8 Å². The molecule has 2 fully saturated rings. The first-order chi connectivity index (χ1) is 11.7. The van der Waals surface area contributed by atoms with Gasteiger partial charge in [-0.2, -0.15) is 0 Å². The van der Waals surface area contributed by atoms with Crippen molar-refractivity contribution in [2.45, 2.75) is 0 Å². The lowest BCUT2D eigenvalue weighted by Gasteiger charge is -2.32. The van der Waals surface area contributed by atoms with Crippen LogP contribution >= 0.6 is 0 Å². The molecule has 0 aliphatic carbocycles. The zero-order chi connectivity index (χ0) is 16.8. The van der Waals surface area contributed by atoms with Gasteiger partial charge in [-0.25, -0.2) is 9.97 Å². The highest BCUT2D eigenvalue weighted by Gasteiger charge is 2.21. The van der Waals surface area contributed by atoms with Crippen LogP contribution in [0.15, 0.2) is 12.4 Å². The van der Waals surface area contributed by atoms with Crippen molar-refractivity contribution in [3.05, 3.63) is 18.1 Å². The van der Waals surface area contributed by atoms with Crippen LogP contribution in [0.4, 0.5) is 5.82 Å². The fourth-order valence-corrected chi connectivity index (χ4v) is 2.91. The molecule has 2 aliphatic heterocycles. The van der Waals surface area contributed by atoms with Gasteiger partial charge >= 0.3 is 0 Å². The van der Waals surface area contributed by atoms with Crippen molar-refractivity contribution < 1.29 is 9.53 Å². The summed E-state index contributed by atoms with van der Waals surface area (Å²) in [7, 11) is 2.07. The summed E-state index contributed by atoms with van der Waals surface area (Å²) in [6.07, 6.45) is 1.46. The second kappa shape index (κ2) is 8.36. The van der Waals surface area contributed by atoms with Crippen LogP contribution in [-0.2, 0) is 4.74 Å². The molecule has 0 aromatic carbocycles. The third-order valence-corrected chi connectivity index (χ3v) is 4.51. The molecule has 2 saturated heterocycles. The lowest BCUT2D eigenvalue weighted by molar-refractivity contribution is 0.0398. The van der Waals surface area contributed by atoms with Crippen LogP contribution in [0.3, 0.4) is 0 Å². The Bertz CT molecular complexity index is 541. The molecule has 2 aliphatic rings. The van der Waals surface area contributed by atoms with E-state index < -0.39 is 0 Å². The fourth-order valence-electron chi connectivity index (χ4n) is 2.91. The maximum absolute atomic E-state index is 12.5. The van der Waals surface area contributed by atoms with Gasteiger partial charge in [-0.15, -0.1) is 0 Å². The predicted molar refractivity (Wildman–Crippen MR) is 91.2 cm³/mol. The van der Waals surface area contributed by atoms with Gasteiger partial charge in [-0.1, -0.05) is 0 Å². The van der Waals surface area contributed by atoms with Gasteiger partial charge < -0.3 is 19.9 Å².